The minimum absolute atomic E-state index is 0.135. The molecule has 96 valence electrons. The summed E-state index contributed by atoms with van der Waals surface area (Å²) in [5.41, 5.74) is 6.27. The molecule has 1 rings (SSSR count). The monoisotopic (exact) mass is 246 g/mol. The van der Waals surface area contributed by atoms with Gasteiger partial charge in [-0.25, -0.2) is 0 Å². The van der Waals surface area contributed by atoms with Crippen molar-refractivity contribution >= 4 is 11.6 Å². The van der Waals surface area contributed by atoms with Crippen molar-refractivity contribution in [3.63, 3.8) is 0 Å². The van der Waals surface area contributed by atoms with E-state index in [-0.39, 0.29) is 5.91 Å². The van der Waals surface area contributed by atoms with E-state index >= 15 is 0 Å². The molecule has 0 heterocycles. The number of hydrogen-bond donors (Lipinski definition) is 2. The maximum absolute atomic E-state index is 11.3. The summed E-state index contributed by atoms with van der Waals surface area (Å²) in [7, 11) is 0. The number of amides is 1. The largest absolute Gasteiger partial charge is 0.492 e. The minimum atomic E-state index is -0.135. The van der Waals surface area contributed by atoms with Gasteiger partial charge in [-0.1, -0.05) is 24.3 Å². The van der Waals surface area contributed by atoms with E-state index in [0.29, 0.717) is 24.6 Å². The van der Waals surface area contributed by atoms with Crippen LogP contribution in [0.25, 0.3) is 0 Å². The lowest BCUT2D eigenvalue weighted by atomic mass is 10.3. The van der Waals surface area contributed by atoms with E-state index in [0.717, 1.165) is 0 Å². The SMILES string of the molecule is C/C=C/C=C/C(=O)NCCOc1cccc(N)c1. The zero-order valence-corrected chi connectivity index (χ0v) is 10.4. The molecule has 0 radical (unpaired) electrons. The lowest BCUT2D eigenvalue weighted by Crippen LogP contribution is -2.26. The van der Waals surface area contributed by atoms with Crippen molar-refractivity contribution in [2.24, 2.45) is 0 Å². The summed E-state index contributed by atoms with van der Waals surface area (Å²) in [5, 5.41) is 2.71. The van der Waals surface area contributed by atoms with Crippen LogP contribution in [0.15, 0.2) is 48.6 Å². The van der Waals surface area contributed by atoms with Crippen LogP contribution in [0.3, 0.4) is 0 Å². The number of hydrogen-bond acceptors (Lipinski definition) is 3. The molecule has 1 aromatic carbocycles. The number of allylic oxidation sites excluding steroid dienone is 3. The van der Waals surface area contributed by atoms with E-state index in [1.165, 1.54) is 6.08 Å². The molecule has 3 N–H and O–H groups in total. The minimum Gasteiger partial charge on any atom is -0.492 e. The van der Waals surface area contributed by atoms with Crippen LogP contribution in [0.5, 0.6) is 5.75 Å². The van der Waals surface area contributed by atoms with Gasteiger partial charge in [-0.2, -0.15) is 0 Å². The van der Waals surface area contributed by atoms with E-state index in [4.69, 9.17) is 10.5 Å². The average Bonchev–Trinajstić information content (AvgIpc) is 2.35. The Morgan fingerprint density at radius 1 is 1.44 bits per heavy atom. The summed E-state index contributed by atoms with van der Waals surface area (Å²) in [6.07, 6.45) is 6.81. The van der Waals surface area contributed by atoms with E-state index in [2.05, 4.69) is 5.32 Å². The van der Waals surface area contributed by atoms with Crippen molar-refractivity contribution in [3.8, 4) is 5.75 Å². The Morgan fingerprint density at radius 2 is 2.28 bits per heavy atom. The molecule has 0 saturated heterocycles. The van der Waals surface area contributed by atoms with Crippen LogP contribution in [0.2, 0.25) is 0 Å². The highest BCUT2D eigenvalue weighted by Gasteiger charge is 1.96. The van der Waals surface area contributed by atoms with Gasteiger partial charge in [-0.15, -0.1) is 0 Å². The molecule has 4 heteroatoms. The molecule has 0 aromatic heterocycles. The fourth-order valence-electron chi connectivity index (χ4n) is 1.26. The molecule has 0 aliphatic rings. The van der Waals surface area contributed by atoms with Crippen molar-refractivity contribution in [2.75, 3.05) is 18.9 Å². The maximum Gasteiger partial charge on any atom is 0.244 e. The van der Waals surface area contributed by atoms with Crippen LogP contribution in [0, 0.1) is 0 Å². The van der Waals surface area contributed by atoms with Gasteiger partial charge in [0.05, 0.1) is 6.54 Å². The number of ether oxygens (including phenoxy) is 1. The third kappa shape index (κ3) is 5.75. The number of nitrogen functional groups attached to an aromatic ring is 1. The highest BCUT2D eigenvalue weighted by Crippen LogP contribution is 2.13. The molecule has 18 heavy (non-hydrogen) atoms. The smallest absolute Gasteiger partial charge is 0.244 e. The second-order valence-corrected chi connectivity index (χ2v) is 3.60. The number of carbonyl (C=O) groups is 1. The number of carbonyl (C=O) groups excluding carboxylic acids is 1. The van der Waals surface area contributed by atoms with Gasteiger partial charge in [0.25, 0.3) is 0 Å². The second kappa shape index (κ2) is 7.95. The van der Waals surface area contributed by atoms with Gasteiger partial charge >= 0.3 is 0 Å². The van der Waals surface area contributed by atoms with Gasteiger partial charge in [-0.3, -0.25) is 4.79 Å². The van der Waals surface area contributed by atoms with Gasteiger partial charge < -0.3 is 15.8 Å². The maximum atomic E-state index is 11.3. The highest BCUT2D eigenvalue weighted by molar-refractivity contribution is 5.87. The molecule has 1 amide bonds. The first-order chi connectivity index (χ1) is 8.72. The second-order valence-electron chi connectivity index (χ2n) is 3.60. The number of rotatable bonds is 6. The van der Waals surface area contributed by atoms with E-state index < -0.39 is 0 Å². The standard InChI is InChI=1S/C14H18N2O2/c1-2-3-4-8-14(17)16-9-10-18-13-7-5-6-12(15)11-13/h2-8,11H,9-10,15H2,1H3,(H,16,17)/b3-2+,8-4+. The summed E-state index contributed by atoms with van der Waals surface area (Å²) in [6, 6.07) is 7.18. The van der Waals surface area contributed by atoms with Crippen molar-refractivity contribution in [3.05, 3.63) is 48.6 Å². The highest BCUT2D eigenvalue weighted by atomic mass is 16.5. The zero-order valence-electron chi connectivity index (χ0n) is 10.4. The van der Waals surface area contributed by atoms with E-state index in [9.17, 15) is 4.79 Å². The Bertz CT molecular complexity index is 439. The van der Waals surface area contributed by atoms with Gasteiger partial charge in [0, 0.05) is 17.8 Å². The number of benzene rings is 1. The van der Waals surface area contributed by atoms with Crippen LogP contribution in [-0.4, -0.2) is 19.1 Å². The molecule has 0 aliphatic carbocycles. The van der Waals surface area contributed by atoms with Crippen molar-refractivity contribution in [1.29, 1.82) is 0 Å². The zero-order chi connectivity index (χ0) is 13.2. The summed E-state index contributed by atoms with van der Waals surface area (Å²) >= 11 is 0. The fourth-order valence-corrected chi connectivity index (χ4v) is 1.26. The van der Waals surface area contributed by atoms with Crippen molar-refractivity contribution in [1.82, 2.24) is 5.32 Å². The van der Waals surface area contributed by atoms with Gasteiger partial charge in [0.1, 0.15) is 12.4 Å². The van der Waals surface area contributed by atoms with E-state index in [1.54, 1.807) is 24.3 Å². The molecule has 0 bridgehead atoms. The Labute approximate surface area is 107 Å². The predicted molar refractivity (Wildman–Crippen MR) is 73.3 cm³/mol. The van der Waals surface area contributed by atoms with Crippen molar-refractivity contribution < 1.29 is 9.53 Å². The van der Waals surface area contributed by atoms with Crippen molar-refractivity contribution in [2.45, 2.75) is 6.92 Å². The fraction of sp³-hybridized carbons (Fsp3) is 0.214. The lowest BCUT2D eigenvalue weighted by molar-refractivity contribution is -0.116. The molecular formula is C14H18N2O2. The molecule has 1 aromatic rings. The van der Waals surface area contributed by atoms with Crippen LogP contribution in [0.1, 0.15) is 6.92 Å². The number of nitrogens with one attached hydrogen (secondary N) is 1. The molecule has 0 unspecified atom stereocenters. The molecular weight excluding hydrogens is 228 g/mol. The first-order valence-corrected chi connectivity index (χ1v) is 5.78. The number of nitrogens with two attached hydrogens (primary N) is 1. The summed E-state index contributed by atoms with van der Waals surface area (Å²) in [4.78, 5) is 11.3. The van der Waals surface area contributed by atoms with Gasteiger partial charge in [0.15, 0.2) is 0 Å². The first-order valence-electron chi connectivity index (χ1n) is 5.78. The summed E-state index contributed by atoms with van der Waals surface area (Å²) in [5.74, 6) is 0.568. The molecule has 0 fully saturated rings. The third-order valence-corrected chi connectivity index (χ3v) is 2.08. The predicted octanol–water partition coefficient (Wildman–Crippen LogP) is 1.90. The van der Waals surface area contributed by atoms with Gasteiger partial charge in [-0.05, 0) is 19.1 Å². The molecule has 0 atom stereocenters. The van der Waals surface area contributed by atoms with Crippen LogP contribution < -0.4 is 15.8 Å². The average molecular weight is 246 g/mol. The molecule has 4 nitrogen and oxygen atoms in total. The quantitative estimate of drug-likeness (QED) is 0.349. The normalized spacial score (nSPS) is 10.9. The third-order valence-electron chi connectivity index (χ3n) is 2.08. The van der Waals surface area contributed by atoms with E-state index in [1.807, 2.05) is 25.1 Å². The van der Waals surface area contributed by atoms with Crippen LogP contribution in [0.4, 0.5) is 5.69 Å². The summed E-state index contributed by atoms with van der Waals surface area (Å²) < 4.78 is 5.43. The van der Waals surface area contributed by atoms with Crippen LogP contribution >= 0.6 is 0 Å². The van der Waals surface area contributed by atoms with Crippen LogP contribution in [-0.2, 0) is 4.79 Å². The Kier molecular flexibility index (Phi) is 6.11. The Hall–Kier alpha value is -2.23. The lowest BCUT2D eigenvalue weighted by Gasteiger charge is -2.06. The molecule has 0 aliphatic heterocycles. The topological polar surface area (TPSA) is 64.3 Å². The van der Waals surface area contributed by atoms with Gasteiger partial charge in [0.2, 0.25) is 5.91 Å². The molecule has 0 saturated carbocycles. The molecule has 0 spiro atoms. The number of anilines is 1. The Balaban J connectivity index is 2.21. The summed E-state index contributed by atoms with van der Waals surface area (Å²) in [6.45, 7) is 2.75. The first kappa shape index (κ1) is 13.8. The Morgan fingerprint density at radius 3 is 3.00 bits per heavy atom.